The molecule has 24 heavy (non-hydrogen) atoms. The molecule has 2 aliphatic heterocycles. The molecule has 6 nitrogen and oxygen atoms in total. The van der Waals surface area contributed by atoms with Crippen molar-refractivity contribution >= 4 is 17.7 Å². The van der Waals surface area contributed by atoms with Gasteiger partial charge < -0.3 is 15.1 Å². The van der Waals surface area contributed by atoms with E-state index in [0.29, 0.717) is 25.4 Å². The van der Waals surface area contributed by atoms with E-state index in [1.807, 2.05) is 9.80 Å². The molecule has 2 saturated heterocycles. The second-order valence-electron chi connectivity index (χ2n) is 7.54. The molecule has 3 amide bonds. The molecule has 2 rings (SSSR count). The Morgan fingerprint density at radius 2 is 1.50 bits per heavy atom. The highest BCUT2D eigenvalue weighted by molar-refractivity contribution is 5.80. The molecule has 0 saturated carbocycles. The molecule has 0 aromatic carbocycles. The Bertz CT molecular complexity index is 462. The molecule has 0 aromatic rings. The third kappa shape index (κ3) is 5.21. The fourth-order valence-corrected chi connectivity index (χ4v) is 3.53. The first kappa shape index (κ1) is 18.7. The average Bonchev–Trinajstić information content (AvgIpc) is 2.55. The number of nitrogens with one attached hydrogen (secondary N) is 1. The van der Waals surface area contributed by atoms with Crippen LogP contribution in [-0.4, -0.2) is 59.7 Å². The monoisotopic (exact) mass is 337 g/mol. The summed E-state index contributed by atoms with van der Waals surface area (Å²) in [6, 6.07) is 0.173. The Labute approximate surface area is 144 Å². The summed E-state index contributed by atoms with van der Waals surface area (Å²) in [6.45, 7) is 8.52. The lowest BCUT2D eigenvalue weighted by molar-refractivity contribution is -0.135. The number of hydrogen-bond acceptors (Lipinski definition) is 3. The van der Waals surface area contributed by atoms with Crippen molar-refractivity contribution < 1.29 is 14.4 Å². The molecule has 0 unspecified atom stereocenters. The number of carbonyl (C=O) groups is 3. The molecule has 2 fully saturated rings. The van der Waals surface area contributed by atoms with Crippen LogP contribution in [0.2, 0.25) is 0 Å². The quantitative estimate of drug-likeness (QED) is 0.843. The zero-order valence-corrected chi connectivity index (χ0v) is 15.2. The summed E-state index contributed by atoms with van der Waals surface area (Å²) in [6.07, 6.45) is 3.77. The molecule has 2 heterocycles. The smallest absolute Gasteiger partial charge is 0.223 e. The lowest BCUT2D eigenvalue weighted by Crippen LogP contribution is -2.49. The predicted molar refractivity (Wildman–Crippen MR) is 92.2 cm³/mol. The van der Waals surface area contributed by atoms with E-state index in [4.69, 9.17) is 0 Å². The number of piperidine rings is 2. The molecule has 136 valence electrons. The van der Waals surface area contributed by atoms with Gasteiger partial charge in [-0.2, -0.15) is 0 Å². The highest BCUT2D eigenvalue weighted by Gasteiger charge is 2.29. The van der Waals surface area contributed by atoms with Gasteiger partial charge in [-0.1, -0.05) is 13.8 Å². The van der Waals surface area contributed by atoms with E-state index in [9.17, 15) is 14.4 Å². The second kappa shape index (κ2) is 8.49. The van der Waals surface area contributed by atoms with Gasteiger partial charge in [-0.25, -0.2) is 0 Å². The van der Waals surface area contributed by atoms with Crippen LogP contribution in [0.4, 0.5) is 0 Å². The largest absolute Gasteiger partial charge is 0.353 e. The summed E-state index contributed by atoms with van der Waals surface area (Å²) >= 11 is 0. The van der Waals surface area contributed by atoms with Crippen LogP contribution in [0, 0.1) is 11.8 Å². The van der Waals surface area contributed by atoms with Crippen molar-refractivity contribution in [2.24, 2.45) is 11.8 Å². The maximum absolute atomic E-state index is 12.4. The Hall–Kier alpha value is -1.59. The van der Waals surface area contributed by atoms with E-state index >= 15 is 0 Å². The van der Waals surface area contributed by atoms with Crippen molar-refractivity contribution in [1.82, 2.24) is 15.1 Å². The molecule has 2 aliphatic rings. The normalized spacial score (nSPS) is 20.3. The van der Waals surface area contributed by atoms with Crippen LogP contribution in [0.25, 0.3) is 0 Å². The minimum Gasteiger partial charge on any atom is -0.353 e. The fourth-order valence-electron chi connectivity index (χ4n) is 3.53. The third-order valence-corrected chi connectivity index (χ3v) is 5.09. The van der Waals surface area contributed by atoms with E-state index in [1.165, 1.54) is 0 Å². The van der Waals surface area contributed by atoms with Gasteiger partial charge in [-0.15, -0.1) is 0 Å². The molecule has 0 spiro atoms. The minimum absolute atomic E-state index is 0.0150. The minimum atomic E-state index is 0.0150. The highest BCUT2D eigenvalue weighted by Crippen LogP contribution is 2.19. The van der Waals surface area contributed by atoms with Gasteiger partial charge in [0, 0.05) is 51.5 Å². The number of carbonyl (C=O) groups excluding carboxylic acids is 3. The van der Waals surface area contributed by atoms with Gasteiger partial charge in [0.2, 0.25) is 17.7 Å². The van der Waals surface area contributed by atoms with Crippen LogP contribution in [0.3, 0.4) is 0 Å². The van der Waals surface area contributed by atoms with Crippen molar-refractivity contribution in [1.29, 1.82) is 0 Å². The first-order valence-corrected chi connectivity index (χ1v) is 9.20. The molecule has 0 aliphatic carbocycles. The van der Waals surface area contributed by atoms with Crippen LogP contribution in [-0.2, 0) is 14.4 Å². The summed E-state index contributed by atoms with van der Waals surface area (Å²) in [7, 11) is 0. The van der Waals surface area contributed by atoms with Gasteiger partial charge >= 0.3 is 0 Å². The van der Waals surface area contributed by atoms with E-state index in [0.717, 1.165) is 38.8 Å². The van der Waals surface area contributed by atoms with Crippen molar-refractivity contribution in [2.45, 2.75) is 58.9 Å². The number of nitrogens with zero attached hydrogens (tertiary/aromatic N) is 2. The third-order valence-electron chi connectivity index (χ3n) is 5.09. The molecule has 0 radical (unpaired) electrons. The molecular weight excluding hydrogens is 306 g/mol. The van der Waals surface area contributed by atoms with Crippen molar-refractivity contribution in [2.75, 3.05) is 26.2 Å². The van der Waals surface area contributed by atoms with Gasteiger partial charge in [0.15, 0.2) is 0 Å². The first-order chi connectivity index (χ1) is 11.4. The predicted octanol–water partition coefficient (Wildman–Crippen LogP) is 1.40. The summed E-state index contributed by atoms with van der Waals surface area (Å²) in [5, 5.41) is 3.15. The summed E-state index contributed by atoms with van der Waals surface area (Å²) in [5.74, 6) is 0.834. The van der Waals surface area contributed by atoms with Gasteiger partial charge in [0.25, 0.3) is 0 Å². The molecule has 0 atom stereocenters. The second-order valence-corrected chi connectivity index (χ2v) is 7.54. The number of likely N-dealkylation sites (tertiary alicyclic amines) is 2. The molecule has 6 heteroatoms. The zero-order chi connectivity index (χ0) is 17.7. The van der Waals surface area contributed by atoms with E-state index in [1.54, 1.807) is 6.92 Å². The van der Waals surface area contributed by atoms with Gasteiger partial charge in [0.1, 0.15) is 0 Å². The lowest BCUT2D eigenvalue weighted by atomic mass is 9.94. The van der Waals surface area contributed by atoms with Crippen LogP contribution in [0.5, 0.6) is 0 Å². The Balaban J connectivity index is 1.71. The van der Waals surface area contributed by atoms with E-state index in [2.05, 4.69) is 19.2 Å². The van der Waals surface area contributed by atoms with Crippen LogP contribution in [0.1, 0.15) is 52.9 Å². The molecule has 0 bridgehead atoms. The number of hydrogen-bond donors (Lipinski definition) is 1. The Morgan fingerprint density at radius 1 is 0.958 bits per heavy atom. The number of rotatable bonds is 4. The summed E-state index contributed by atoms with van der Waals surface area (Å²) in [4.78, 5) is 39.6. The van der Waals surface area contributed by atoms with Gasteiger partial charge in [0.05, 0.1) is 0 Å². The molecular formula is C18H31N3O3. The molecule has 0 aromatic heterocycles. The van der Waals surface area contributed by atoms with E-state index < -0.39 is 0 Å². The Kier molecular flexibility index (Phi) is 6.63. The highest BCUT2D eigenvalue weighted by atomic mass is 16.2. The SMILES string of the molecule is CC(=O)N1CCC(C(=O)NC2CCN(C(=O)CC(C)C)CC2)CC1. The van der Waals surface area contributed by atoms with Crippen molar-refractivity contribution in [3.05, 3.63) is 0 Å². The number of amides is 3. The average molecular weight is 337 g/mol. The summed E-state index contributed by atoms with van der Waals surface area (Å²) in [5.41, 5.74) is 0. The van der Waals surface area contributed by atoms with Crippen LogP contribution < -0.4 is 5.32 Å². The maximum Gasteiger partial charge on any atom is 0.223 e. The first-order valence-electron chi connectivity index (χ1n) is 9.20. The standard InChI is InChI=1S/C18H31N3O3/c1-13(2)12-17(23)21-10-6-16(7-11-21)19-18(24)15-4-8-20(9-5-15)14(3)22/h13,15-16H,4-12H2,1-3H3,(H,19,24). The topological polar surface area (TPSA) is 69.7 Å². The molecule has 1 N–H and O–H groups in total. The van der Waals surface area contributed by atoms with Crippen LogP contribution in [0.15, 0.2) is 0 Å². The lowest BCUT2D eigenvalue weighted by Gasteiger charge is -2.35. The van der Waals surface area contributed by atoms with Crippen molar-refractivity contribution in [3.63, 3.8) is 0 Å². The fraction of sp³-hybridized carbons (Fsp3) is 0.833. The zero-order valence-electron chi connectivity index (χ0n) is 15.2. The van der Waals surface area contributed by atoms with Crippen LogP contribution >= 0.6 is 0 Å². The Morgan fingerprint density at radius 3 is 2.00 bits per heavy atom. The summed E-state index contributed by atoms with van der Waals surface area (Å²) < 4.78 is 0. The van der Waals surface area contributed by atoms with Gasteiger partial charge in [-0.3, -0.25) is 14.4 Å². The maximum atomic E-state index is 12.4. The van der Waals surface area contributed by atoms with E-state index in [-0.39, 0.29) is 29.7 Å². The van der Waals surface area contributed by atoms with Gasteiger partial charge in [-0.05, 0) is 31.6 Å². The van der Waals surface area contributed by atoms with Crippen molar-refractivity contribution in [3.8, 4) is 0 Å².